The Bertz CT molecular complexity index is 1260. The molecule has 0 N–H and O–H groups in total. The number of aromatic nitrogens is 2. The maximum Gasteiger partial charge on any atom is 0.246 e. The van der Waals surface area contributed by atoms with Gasteiger partial charge in [-0.05, 0) is 43.2 Å². The van der Waals surface area contributed by atoms with Gasteiger partial charge in [0.2, 0.25) is 15.9 Å². The van der Waals surface area contributed by atoms with Gasteiger partial charge in [0.15, 0.2) is 0 Å². The summed E-state index contributed by atoms with van der Waals surface area (Å²) in [6.45, 7) is 2.77. The monoisotopic (exact) mass is 491 g/mol. The van der Waals surface area contributed by atoms with Crippen molar-refractivity contribution in [1.29, 1.82) is 0 Å². The first-order chi connectivity index (χ1) is 15.4. The summed E-state index contributed by atoms with van der Waals surface area (Å²) < 4.78 is 36.6. The lowest BCUT2D eigenvalue weighted by molar-refractivity contribution is -0.134. The van der Waals surface area contributed by atoms with Gasteiger partial charge in [0.1, 0.15) is 22.0 Å². The summed E-state index contributed by atoms with van der Waals surface area (Å²) in [7, 11) is -3.86. The van der Waals surface area contributed by atoms with Crippen LogP contribution in [0.1, 0.15) is 12.8 Å². The van der Waals surface area contributed by atoms with E-state index in [2.05, 4.69) is 13.6 Å². The normalized spacial score (nSPS) is 20.2. The zero-order valence-electron chi connectivity index (χ0n) is 17.2. The minimum Gasteiger partial charge on any atom is -0.368 e. The molecule has 0 saturated carbocycles. The summed E-state index contributed by atoms with van der Waals surface area (Å²) in [4.78, 5) is 17.4. The Morgan fingerprint density at radius 3 is 2.59 bits per heavy atom. The third kappa shape index (κ3) is 3.85. The summed E-state index contributed by atoms with van der Waals surface area (Å²) in [5.74, 6) is -0.125. The van der Waals surface area contributed by atoms with Gasteiger partial charge in [0, 0.05) is 43.4 Å². The molecule has 1 atom stereocenters. The Labute approximate surface area is 195 Å². The first-order valence-corrected chi connectivity index (χ1v) is 13.0. The van der Waals surface area contributed by atoms with Crippen LogP contribution in [0.15, 0.2) is 47.4 Å². The minimum absolute atomic E-state index is 0.120. The van der Waals surface area contributed by atoms with E-state index in [0.29, 0.717) is 61.6 Å². The number of rotatable bonds is 4. The zero-order chi connectivity index (χ0) is 22.3. The van der Waals surface area contributed by atoms with Crippen molar-refractivity contribution in [1.82, 2.24) is 18.0 Å². The van der Waals surface area contributed by atoms with Gasteiger partial charge in [0.05, 0.1) is 11.7 Å². The Hall–Kier alpha value is -2.27. The Kier molecular flexibility index (Phi) is 5.79. The quantitative estimate of drug-likeness (QED) is 0.557. The third-order valence-electron chi connectivity index (χ3n) is 6.09. The van der Waals surface area contributed by atoms with Crippen LogP contribution in [0.4, 0.5) is 5.69 Å². The Morgan fingerprint density at radius 1 is 1.03 bits per heavy atom. The average Bonchev–Trinajstić information content (AvgIpc) is 3.48. The Balaban J connectivity index is 1.33. The largest absolute Gasteiger partial charge is 0.368 e. The molecule has 8 nitrogen and oxygen atoms in total. The topological polar surface area (TPSA) is 86.7 Å². The van der Waals surface area contributed by atoms with E-state index < -0.39 is 16.1 Å². The molecule has 0 aliphatic carbocycles. The van der Waals surface area contributed by atoms with Crippen molar-refractivity contribution in [2.75, 3.05) is 37.6 Å². The number of halogens is 1. The highest BCUT2D eigenvalue weighted by Crippen LogP contribution is 2.31. The number of nitrogens with zero attached hydrogens (tertiary/aromatic N) is 5. The lowest BCUT2D eigenvalue weighted by atomic mass is 10.1. The molecule has 3 aromatic rings. The lowest BCUT2D eigenvalue weighted by Crippen LogP contribution is -2.54. The Morgan fingerprint density at radius 2 is 1.81 bits per heavy atom. The van der Waals surface area contributed by atoms with E-state index >= 15 is 0 Å². The second kappa shape index (κ2) is 8.58. The number of fused-ring (bicyclic) bond motifs is 1. The predicted octanol–water partition coefficient (Wildman–Crippen LogP) is 2.85. The number of sulfonamides is 1. The smallest absolute Gasteiger partial charge is 0.246 e. The summed E-state index contributed by atoms with van der Waals surface area (Å²) in [6, 6.07) is 11.9. The predicted molar refractivity (Wildman–Crippen MR) is 125 cm³/mol. The van der Waals surface area contributed by atoms with E-state index in [1.807, 2.05) is 24.3 Å². The molecule has 0 bridgehead atoms. The van der Waals surface area contributed by atoms with Crippen LogP contribution in [0, 0.1) is 0 Å². The number of hydrogen-bond acceptors (Lipinski definition) is 7. The fourth-order valence-electron chi connectivity index (χ4n) is 4.46. The zero-order valence-corrected chi connectivity index (χ0v) is 19.6. The highest BCUT2D eigenvalue weighted by atomic mass is 35.5. The van der Waals surface area contributed by atoms with Crippen molar-refractivity contribution in [3.63, 3.8) is 0 Å². The summed E-state index contributed by atoms with van der Waals surface area (Å²) >= 11 is 7.09. The van der Waals surface area contributed by atoms with Crippen LogP contribution in [-0.4, -0.2) is 71.0 Å². The lowest BCUT2D eigenvalue weighted by Gasteiger charge is -2.38. The molecule has 2 aliphatic heterocycles. The average molecular weight is 492 g/mol. The fourth-order valence-corrected chi connectivity index (χ4v) is 7.05. The molecule has 11 heteroatoms. The first-order valence-electron chi connectivity index (χ1n) is 10.5. The SMILES string of the molecule is O=C([C@@H]1CCCN1S(=O)(=O)c1cccc2nsnc12)N1CCN(c2cccc(Cl)c2)CC1. The molecule has 1 amide bonds. The molecule has 3 heterocycles. The van der Waals surface area contributed by atoms with Crippen LogP contribution in [0.25, 0.3) is 11.0 Å². The molecule has 2 aromatic carbocycles. The molecule has 32 heavy (non-hydrogen) atoms. The number of anilines is 1. The van der Waals surface area contributed by atoms with E-state index in [0.717, 1.165) is 17.4 Å². The van der Waals surface area contributed by atoms with E-state index in [1.54, 1.807) is 23.1 Å². The highest BCUT2D eigenvalue weighted by Gasteiger charge is 2.42. The molecule has 2 aliphatic rings. The van der Waals surface area contributed by atoms with E-state index in [1.165, 1.54) is 4.31 Å². The number of carbonyl (C=O) groups is 1. The van der Waals surface area contributed by atoms with Gasteiger partial charge < -0.3 is 9.80 Å². The van der Waals surface area contributed by atoms with E-state index in [9.17, 15) is 13.2 Å². The molecule has 0 radical (unpaired) electrons. The van der Waals surface area contributed by atoms with Gasteiger partial charge in [-0.2, -0.15) is 13.1 Å². The number of carbonyl (C=O) groups excluding carboxylic acids is 1. The molecular weight excluding hydrogens is 470 g/mol. The van der Waals surface area contributed by atoms with Crippen molar-refractivity contribution >= 4 is 56.0 Å². The van der Waals surface area contributed by atoms with Crippen LogP contribution in [0.5, 0.6) is 0 Å². The minimum atomic E-state index is -3.86. The van der Waals surface area contributed by atoms with Crippen LogP contribution in [0.2, 0.25) is 5.02 Å². The summed E-state index contributed by atoms with van der Waals surface area (Å²) in [5.41, 5.74) is 1.95. The van der Waals surface area contributed by atoms with Gasteiger partial charge in [0.25, 0.3) is 0 Å². The van der Waals surface area contributed by atoms with Crippen LogP contribution >= 0.6 is 23.3 Å². The van der Waals surface area contributed by atoms with Crippen molar-refractivity contribution in [3.8, 4) is 0 Å². The van der Waals surface area contributed by atoms with Crippen molar-refractivity contribution in [3.05, 3.63) is 47.5 Å². The van der Waals surface area contributed by atoms with Gasteiger partial charge in [-0.3, -0.25) is 4.79 Å². The maximum absolute atomic E-state index is 13.5. The first kappa shape index (κ1) is 21.6. The van der Waals surface area contributed by atoms with E-state index in [-0.39, 0.29) is 10.8 Å². The summed E-state index contributed by atoms with van der Waals surface area (Å²) in [6.07, 6.45) is 1.18. The van der Waals surface area contributed by atoms with Gasteiger partial charge in [-0.1, -0.05) is 23.7 Å². The number of amides is 1. The molecule has 0 unspecified atom stereocenters. The molecular formula is C21H22ClN5O3S2. The number of piperazine rings is 1. The second-order valence-electron chi connectivity index (χ2n) is 7.95. The van der Waals surface area contributed by atoms with Gasteiger partial charge >= 0.3 is 0 Å². The van der Waals surface area contributed by atoms with Crippen molar-refractivity contribution in [2.45, 2.75) is 23.8 Å². The van der Waals surface area contributed by atoms with Crippen molar-refractivity contribution < 1.29 is 13.2 Å². The number of hydrogen-bond donors (Lipinski definition) is 0. The maximum atomic E-state index is 13.5. The van der Waals surface area contributed by atoms with Gasteiger partial charge in [-0.25, -0.2) is 8.42 Å². The van der Waals surface area contributed by atoms with E-state index in [4.69, 9.17) is 11.6 Å². The standard InChI is InChI=1S/C21H22ClN5O3S2/c22-15-4-1-5-16(14-15)25-10-12-26(13-11-25)21(28)18-7-3-9-27(18)32(29,30)19-8-2-6-17-20(19)24-31-23-17/h1-2,4-6,8,14,18H,3,7,9-13H2/t18-/m0/s1. The van der Waals surface area contributed by atoms with Crippen molar-refractivity contribution in [2.24, 2.45) is 0 Å². The van der Waals surface area contributed by atoms with Crippen LogP contribution in [0.3, 0.4) is 0 Å². The summed E-state index contributed by atoms with van der Waals surface area (Å²) in [5, 5.41) is 0.679. The van der Waals surface area contributed by atoms with Crippen LogP contribution < -0.4 is 4.90 Å². The third-order valence-corrected chi connectivity index (χ3v) is 8.81. The van der Waals surface area contributed by atoms with Crippen LogP contribution in [-0.2, 0) is 14.8 Å². The molecule has 168 valence electrons. The second-order valence-corrected chi connectivity index (χ2v) is 10.8. The highest BCUT2D eigenvalue weighted by molar-refractivity contribution is 7.89. The molecule has 2 fully saturated rings. The molecule has 0 spiro atoms. The molecule has 5 rings (SSSR count). The molecule has 2 saturated heterocycles. The molecule has 1 aromatic heterocycles. The number of benzene rings is 2. The fraction of sp³-hybridized carbons (Fsp3) is 0.381. The van der Waals surface area contributed by atoms with Gasteiger partial charge in [-0.15, -0.1) is 0 Å².